The van der Waals surface area contributed by atoms with E-state index in [4.69, 9.17) is 10.2 Å². The number of oxazole rings is 1. The minimum Gasteiger partial charge on any atom is -0.423 e. The minimum atomic E-state index is 0.0368. The first kappa shape index (κ1) is 18.0. The third kappa shape index (κ3) is 3.55. The van der Waals surface area contributed by atoms with E-state index in [1.54, 1.807) is 0 Å². The van der Waals surface area contributed by atoms with Crippen molar-refractivity contribution in [2.24, 2.45) is 5.92 Å². The predicted molar refractivity (Wildman–Crippen MR) is 114 cm³/mol. The number of carbonyl (C=O) groups is 1. The van der Waals surface area contributed by atoms with Gasteiger partial charge in [0.15, 0.2) is 5.58 Å². The van der Waals surface area contributed by atoms with Gasteiger partial charge in [0.2, 0.25) is 5.91 Å². The molecule has 150 valence electrons. The maximum Gasteiger partial charge on any atom is 0.298 e. The molecule has 0 bridgehead atoms. The van der Waals surface area contributed by atoms with Crippen molar-refractivity contribution in [3.05, 3.63) is 53.6 Å². The second-order valence-electron chi connectivity index (χ2n) is 8.14. The number of fused-ring (bicyclic) bond motifs is 2. The average molecular weight is 390 g/mol. The molecule has 2 aliphatic rings. The molecule has 2 aromatic carbocycles. The van der Waals surface area contributed by atoms with Gasteiger partial charge in [0, 0.05) is 24.7 Å². The zero-order valence-electron chi connectivity index (χ0n) is 16.4. The van der Waals surface area contributed by atoms with Crippen molar-refractivity contribution >= 4 is 28.7 Å². The number of aryl methyl sites for hydroxylation is 1. The van der Waals surface area contributed by atoms with Gasteiger partial charge < -0.3 is 20.4 Å². The molecule has 1 unspecified atom stereocenters. The van der Waals surface area contributed by atoms with Gasteiger partial charge in [-0.15, -0.1) is 0 Å². The van der Waals surface area contributed by atoms with E-state index in [0.717, 1.165) is 62.0 Å². The van der Waals surface area contributed by atoms with Crippen LogP contribution in [-0.4, -0.2) is 24.0 Å². The maximum atomic E-state index is 12.9. The molecule has 1 amide bonds. The lowest BCUT2D eigenvalue weighted by atomic mass is 9.86. The van der Waals surface area contributed by atoms with Gasteiger partial charge in [-0.05, 0) is 67.5 Å². The largest absolute Gasteiger partial charge is 0.423 e. The summed E-state index contributed by atoms with van der Waals surface area (Å²) in [6.45, 7) is 1.56. The first-order valence-corrected chi connectivity index (χ1v) is 10.5. The SMILES string of the molecule is Nc1ccc2c(c1)CCCC2NC(=O)C1CCN(c2nc3ccccc3o2)CC1. The number of amides is 1. The van der Waals surface area contributed by atoms with Gasteiger partial charge in [-0.25, -0.2) is 0 Å². The van der Waals surface area contributed by atoms with E-state index >= 15 is 0 Å². The van der Waals surface area contributed by atoms with Crippen LogP contribution in [0.5, 0.6) is 0 Å². The summed E-state index contributed by atoms with van der Waals surface area (Å²) in [6.07, 6.45) is 4.73. The van der Waals surface area contributed by atoms with Crippen molar-refractivity contribution < 1.29 is 9.21 Å². The number of para-hydroxylation sites is 2. The molecule has 0 spiro atoms. The first-order chi connectivity index (χ1) is 14.2. The van der Waals surface area contributed by atoms with Gasteiger partial charge in [-0.3, -0.25) is 4.79 Å². The lowest BCUT2D eigenvalue weighted by Crippen LogP contribution is -2.42. The molecule has 29 heavy (non-hydrogen) atoms. The van der Waals surface area contributed by atoms with Crippen LogP contribution in [0.4, 0.5) is 11.7 Å². The molecule has 6 heteroatoms. The first-order valence-electron chi connectivity index (χ1n) is 10.5. The Labute approximate surface area is 170 Å². The van der Waals surface area contributed by atoms with Crippen LogP contribution in [0, 0.1) is 5.92 Å². The Balaban J connectivity index is 1.22. The third-order valence-electron chi connectivity index (χ3n) is 6.22. The fourth-order valence-corrected chi connectivity index (χ4v) is 4.60. The van der Waals surface area contributed by atoms with Crippen LogP contribution in [0.25, 0.3) is 11.1 Å². The fraction of sp³-hybridized carbons (Fsp3) is 0.391. The number of nitrogen functional groups attached to an aromatic ring is 1. The number of nitrogens with one attached hydrogen (secondary N) is 1. The Bertz CT molecular complexity index is 1000. The van der Waals surface area contributed by atoms with Crippen molar-refractivity contribution in [2.75, 3.05) is 23.7 Å². The number of nitrogens with zero attached hydrogens (tertiary/aromatic N) is 2. The molecule has 3 N–H and O–H groups in total. The van der Waals surface area contributed by atoms with Crippen LogP contribution in [0.2, 0.25) is 0 Å². The summed E-state index contributed by atoms with van der Waals surface area (Å²) in [6, 6.07) is 14.6. The summed E-state index contributed by atoms with van der Waals surface area (Å²) >= 11 is 0. The lowest BCUT2D eigenvalue weighted by Gasteiger charge is -2.32. The zero-order chi connectivity index (χ0) is 19.8. The highest BCUT2D eigenvalue weighted by Gasteiger charge is 2.30. The highest BCUT2D eigenvalue weighted by atomic mass is 16.4. The summed E-state index contributed by atoms with van der Waals surface area (Å²) in [5, 5.41) is 3.30. The Morgan fingerprint density at radius 3 is 2.79 bits per heavy atom. The van der Waals surface area contributed by atoms with Crippen molar-refractivity contribution in [2.45, 2.75) is 38.1 Å². The molecule has 1 aliphatic carbocycles. The standard InChI is InChI=1S/C23H26N4O2/c24-17-8-9-18-16(14-17)4-3-6-19(18)25-22(28)15-10-12-27(13-11-15)23-26-20-5-1-2-7-21(20)29-23/h1-2,5,7-9,14-15,19H,3-4,6,10-13,24H2,(H,25,28). The molecular weight excluding hydrogens is 364 g/mol. The van der Waals surface area contributed by atoms with E-state index in [1.807, 2.05) is 36.4 Å². The van der Waals surface area contributed by atoms with Crippen molar-refractivity contribution in [1.82, 2.24) is 10.3 Å². The molecular formula is C23H26N4O2. The van der Waals surface area contributed by atoms with E-state index in [9.17, 15) is 4.79 Å². The molecule has 1 aromatic heterocycles. The molecule has 1 saturated heterocycles. The van der Waals surface area contributed by atoms with Crippen LogP contribution >= 0.6 is 0 Å². The lowest BCUT2D eigenvalue weighted by molar-refractivity contribution is -0.126. The minimum absolute atomic E-state index is 0.0368. The maximum absolute atomic E-state index is 12.9. The van der Waals surface area contributed by atoms with Crippen LogP contribution < -0.4 is 16.0 Å². The number of aromatic nitrogens is 1. The molecule has 0 radical (unpaired) electrons. The molecule has 6 nitrogen and oxygen atoms in total. The highest BCUT2D eigenvalue weighted by molar-refractivity contribution is 5.80. The molecule has 1 fully saturated rings. The predicted octanol–water partition coefficient (Wildman–Crippen LogP) is 3.82. The smallest absolute Gasteiger partial charge is 0.298 e. The van der Waals surface area contributed by atoms with E-state index in [0.29, 0.717) is 6.01 Å². The number of carbonyl (C=O) groups excluding carboxylic acids is 1. The number of piperidine rings is 1. The summed E-state index contributed by atoms with van der Waals surface area (Å²) in [4.78, 5) is 19.7. The van der Waals surface area contributed by atoms with Crippen LogP contribution in [0.15, 0.2) is 46.9 Å². The van der Waals surface area contributed by atoms with Crippen molar-refractivity contribution in [1.29, 1.82) is 0 Å². The van der Waals surface area contributed by atoms with Gasteiger partial charge >= 0.3 is 0 Å². The molecule has 2 heterocycles. The molecule has 1 aliphatic heterocycles. The number of nitrogens with two attached hydrogens (primary N) is 1. The second-order valence-corrected chi connectivity index (χ2v) is 8.14. The Morgan fingerprint density at radius 1 is 1.14 bits per heavy atom. The number of hydrogen-bond donors (Lipinski definition) is 2. The normalized spacial score (nSPS) is 19.9. The zero-order valence-corrected chi connectivity index (χ0v) is 16.4. The van der Waals surface area contributed by atoms with E-state index in [-0.39, 0.29) is 17.9 Å². The number of rotatable bonds is 3. The highest BCUT2D eigenvalue weighted by Crippen LogP contribution is 2.32. The topological polar surface area (TPSA) is 84.4 Å². The second kappa shape index (κ2) is 7.43. The summed E-state index contributed by atoms with van der Waals surface area (Å²) in [5.41, 5.74) is 10.9. The number of benzene rings is 2. The van der Waals surface area contributed by atoms with Gasteiger partial charge in [-0.2, -0.15) is 4.98 Å². The van der Waals surface area contributed by atoms with Gasteiger partial charge in [0.1, 0.15) is 5.52 Å². The van der Waals surface area contributed by atoms with Crippen LogP contribution in [-0.2, 0) is 11.2 Å². The number of anilines is 2. The van der Waals surface area contributed by atoms with E-state index < -0.39 is 0 Å². The summed E-state index contributed by atoms with van der Waals surface area (Å²) in [7, 11) is 0. The summed E-state index contributed by atoms with van der Waals surface area (Å²) in [5.74, 6) is 0.201. The Kier molecular flexibility index (Phi) is 4.62. The quantitative estimate of drug-likeness (QED) is 0.664. The van der Waals surface area contributed by atoms with Crippen LogP contribution in [0.1, 0.15) is 42.9 Å². The van der Waals surface area contributed by atoms with Gasteiger partial charge in [0.05, 0.1) is 6.04 Å². The average Bonchev–Trinajstić information content (AvgIpc) is 3.18. The summed E-state index contributed by atoms with van der Waals surface area (Å²) < 4.78 is 5.88. The number of hydrogen-bond acceptors (Lipinski definition) is 5. The molecule has 1 atom stereocenters. The van der Waals surface area contributed by atoms with Crippen molar-refractivity contribution in [3.8, 4) is 0 Å². The molecule has 5 rings (SSSR count). The Hall–Kier alpha value is -3.02. The van der Waals surface area contributed by atoms with Crippen molar-refractivity contribution in [3.63, 3.8) is 0 Å². The third-order valence-corrected chi connectivity index (χ3v) is 6.22. The Morgan fingerprint density at radius 2 is 1.97 bits per heavy atom. The van der Waals surface area contributed by atoms with Crippen LogP contribution in [0.3, 0.4) is 0 Å². The molecule has 3 aromatic rings. The van der Waals surface area contributed by atoms with E-state index in [1.165, 1.54) is 11.1 Å². The monoisotopic (exact) mass is 390 g/mol. The van der Waals surface area contributed by atoms with Gasteiger partial charge in [-0.1, -0.05) is 18.2 Å². The van der Waals surface area contributed by atoms with E-state index in [2.05, 4.69) is 21.3 Å². The van der Waals surface area contributed by atoms with Gasteiger partial charge in [0.25, 0.3) is 6.01 Å². The fourth-order valence-electron chi connectivity index (χ4n) is 4.60. The molecule has 0 saturated carbocycles.